The third-order valence-electron chi connectivity index (χ3n) is 6.87. The van der Waals surface area contributed by atoms with Gasteiger partial charge >= 0.3 is 6.18 Å². The van der Waals surface area contributed by atoms with Crippen LogP contribution in [0.5, 0.6) is 11.5 Å². The highest BCUT2D eigenvalue weighted by molar-refractivity contribution is 5.94. The molecule has 0 spiro atoms. The molecule has 2 atom stereocenters. The summed E-state index contributed by atoms with van der Waals surface area (Å²) in [6.07, 6.45) is -4.97. The van der Waals surface area contributed by atoms with Crippen molar-refractivity contribution in [2.45, 2.75) is 43.5 Å². The third kappa shape index (κ3) is 6.61. The maximum atomic E-state index is 14.3. The molecule has 12 heteroatoms. The van der Waals surface area contributed by atoms with Crippen LogP contribution in [0.15, 0.2) is 54.6 Å². The lowest BCUT2D eigenvalue weighted by Gasteiger charge is -2.31. The third-order valence-corrected chi connectivity index (χ3v) is 6.87. The number of carbonyl (C=O) groups excluding carboxylic acids is 1. The number of pyridine rings is 1. The molecule has 0 unspecified atom stereocenters. The Labute approximate surface area is 234 Å². The molecule has 0 bridgehead atoms. The zero-order valence-corrected chi connectivity index (χ0v) is 22.3. The zero-order chi connectivity index (χ0) is 29.8. The number of ether oxygens (including phenoxy) is 2. The number of rotatable bonds is 11. The standard InChI is InChI=1S/C29H31F4N3O5/c1-2-11-27(34)17-41-25-23(27)14-21(36-24(25)18-3-7-20(30)8-4-18)15-28(39,29(31,32)33)16-35-26(38)19-5-9-22(10-6-19)40-13-12-37/h3-10,14,37,39H,2,11-13,15-17,34H2,1H3,(H,35,38)/t27-,28-/m1/s1. The van der Waals surface area contributed by atoms with Crippen molar-refractivity contribution < 1.29 is 42.0 Å². The average molecular weight is 578 g/mol. The van der Waals surface area contributed by atoms with Crippen molar-refractivity contribution in [3.05, 3.63) is 77.2 Å². The van der Waals surface area contributed by atoms with E-state index in [1.165, 1.54) is 54.6 Å². The highest BCUT2D eigenvalue weighted by atomic mass is 19.4. The first kappa shape index (κ1) is 30.2. The number of aromatic nitrogens is 1. The number of aliphatic hydroxyl groups is 2. The summed E-state index contributed by atoms with van der Waals surface area (Å²) in [7, 11) is 0. The Bertz CT molecular complexity index is 1370. The molecular formula is C29H31F4N3O5. The monoisotopic (exact) mass is 577 g/mol. The van der Waals surface area contributed by atoms with Crippen LogP contribution < -0.4 is 20.5 Å². The van der Waals surface area contributed by atoms with E-state index in [-0.39, 0.29) is 36.8 Å². The number of hydrogen-bond acceptors (Lipinski definition) is 7. The van der Waals surface area contributed by atoms with Crippen LogP contribution in [0.3, 0.4) is 0 Å². The number of hydrogen-bond donors (Lipinski definition) is 4. The minimum atomic E-state index is -5.14. The maximum absolute atomic E-state index is 14.3. The van der Waals surface area contributed by atoms with Crippen molar-refractivity contribution in [2.75, 3.05) is 26.4 Å². The fourth-order valence-electron chi connectivity index (χ4n) is 4.69. The van der Waals surface area contributed by atoms with Crippen LogP contribution >= 0.6 is 0 Å². The normalized spacial score (nSPS) is 17.9. The summed E-state index contributed by atoms with van der Waals surface area (Å²) in [4.78, 5) is 17.0. The van der Waals surface area contributed by atoms with E-state index in [9.17, 15) is 27.5 Å². The minimum Gasteiger partial charge on any atom is -0.491 e. The average Bonchev–Trinajstić information content (AvgIpc) is 3.26. The number of nitrogens with one attached hydrogen (secondary N) is 1. The van der Waals surface area contributed by atoms with Crippen LogP contribution in [0.4, 0.5) is 17.6 Å². The van der Waals surface area contributed by atoms with Gasteiger partial charge in [-0.1, -0.05) is 13.3 Å². The van der Waals surface area contributed by atoms with Crippen LogP contribution in [-0.4, -0.2) is 59.2 Å². The van der Waals surface area contributed by atoms with Crippen LogP contribution in [0, 0.1) is 5.82 Å². The van der Waals surface area contributed by atoms with E-state index in [1.807, 2.05) is 6.92 Å². The zero-order valence-electron chi connectivity index (χ0n) is 22.3. The molecule has 1 amide bonds. The van der Waals surface area contributed by atoms with Crippen molar-refractivity contribution in [1.82, 2.24) is 10.3 Å². The predicted octanol–water partition coefficient (Wildman–Crippen LogP) is 3.87. The number of aliphatic hydroxyl groups excluding tert-OH is 1. The highest BCUT2D eigenvalue weighted by Crippen LogP contribution is 2.45. The van der Waals surface area contributed by atoms with Gasteiger partial charge in [0.25, 0.3) is 5.91 Å². The molecule has 1 aliphatic heterocycles. The first-order chi connectivity index (χ1) is 19.4. The van der Waals surface area contributed by atoms with E-state index < -0.39 is 42.0 Å². The molecule has 220 valence electrons. The van der Waals surface area contributed by atoms with Crippen molar-refractivity contribution in [1.29, 1.82) is 0 Å². The number of halogens is 4. The first-order valence-electron chi connectivity index (χ1n) is 13.0. The van der Waals surface area contributed by atoms with E-state index in [2.05, 4.69) is 10.3 Å². The van der Waals surface area contributed by atoms with Gasteiger partial charge in [0.1, 0.15) is 30.5 Å². The van der Waals surface area contributed by atoms with Crippen molar-refractivity contribution in [3.63, 3.8) is 0 Å². The molecule has 2 heterocycles. The summed E-state index contributed by atoms with van der Waals surface area (Å²) in [5.74, 6) is -0.680. The predicted molar refractivity (Wildman–Crippen MR) is 142 cm³/mol. The van der Waals surface area contributed by atoms with Gasteiger partial charge in [-0.25, -0.2) is 9.37 Å². The van der Waals surface area contributed by atoms with E-state index in [0.29, 0.717) is 35.5 Å². The summed E-state index contributed by atoms with van der Waals surface area (Å²) in [6.45, 7) is 0.678. The van der Waals surface area contributed by atoms with Crippen molar-refractivity contribution >= 4 is 5.91 Å². The molecule has 1 aliphatic rings. The number of carbonyl (C=O) groups is 1. The first-order valence-corrected chi connectivity index (χ1v) is 13.0. The number of fused-ring (bicyclic) bond motifs is 1. The second-order valence-electron chi connectivity index (χ2n) is 10.0. The van der Waals surface area contributed by atoms with E-state index >= 15 is 0 Å². The molecule has 0 aliphatic carbocycles. The van der Waals surface area contributed by atoms with Gasteiger partial charge in [-0.05, 0) is 61.0 Å². The molecule has 0 saturated carbocycles. The number of amides is 1. The lowest BCUT2D eigenvalue weighted by molar-refractivity contribution is -0.256. The Hall–Kier alpha value is -3.74. The summed E-state index contributed by atoms with van der Waals surface area (Å²) < 4.78 is 67.5. The van der Waals surface area contributed by atoms with Gasteiger partial charge in [-0.2, -0.15) is 13.2 Å². The smallest absolute Gasteiger partial charge is 0.419 e. The highest BCUT2D eigenvalue weighted by Gasteiger charge is 2.54. The minimum absolute atomic E-state index is 0.0413. The number of nitrogens with two attached hydrogens (primary N) is 1. The molecule has 8 nitrogen and oxygen atoms in total. The number of nitrogens with zero attached hydrogens (tertiary/aromatic N) is 1. The largest absolute Gasteiger partial charge is 0.491 e. The molecule has 4 rings (SSSR count). The van der Waals surface area contributed by atoms with Gasteiger partial charge in [0.15, 0.2) is 11.4 Å². The van der Waals surface area contributed by atoms with Gasteiger partial charge < -0.3 is 30.7 Å². The van der Waals surface area contributed by atoms with Crippen LogP contribution in [-0.2, 0) is 12.0 Å². The van der Waals surface area contributed by atoms with Gasteiger partial charge in [0.05, 0.1) is 18.7 Å². The molecular weight excluding hydrogens is 546 g/mol. The molecule has 3 aromatic rings. The van der Waals surface area contributed by atoms with Crippen molar-refractivity contribution in [2.24, 2.45) is 5.73 Å². The molecule has 0 radical (unpaired) electrons. The lowest BCUT2D eigenvalue weighted by atomic mass is 9.86. The topological polar surface area (TPSA) is 127 Å². The molecule has 41 heavy (non-hydrogen) atoms. The molecule has 1 aromatic heterocycles. The molecule has 0 saturated heterocycles. The SMILES string of the molecule is CCC[C@@]1(N)COc2c1cc(C[C@@](O)(CNC(=O)c1ccc(OCCO)cc1)C(F)(F)F)nc2-c1ccc(F)cc1. The van der Waals surface area contributed by atoms with E-state index in [4.69, 9.17) is 20.3 Å². The van der Waals surface area contributed by atoms with Gasteiger partial charge in [0.2, 0.25) is 0 Å². The molecule has 5 N–H and O–H groups in total. The maximum Gasteiger partial charge on any atom is 0.419 e. The lowest BCUT2D eigenvalue weighted by Crippen LogP contribution is -2.55. The van der Waals surface area contributed by atoms with Crippen molar-refractivity contribution in [3.8, 4) is 22.8 Å². The summed E-state index contributed by atoms with van der Waals surface area (Å²) in [6, 6.07) is 12.2. The fourth-order valence-corrected chi connectivity index (χ4v) is 4.69. The Morgan fingerprint density at radius 3 is 2.46 bits per heavy atom. The number of alkyl halides is 3. The quantitative estimate of drug-likeness (QED) is 0.255. The summed E-state index contributed by atoms with van der Waals surface area (Å²) in [5.41, 5.74) is 3.17. The Morgan fingerprint density at radius 1 is 1.17 bits per heavy atom. The Kier molecular flexibility index (Phi) is 8.86. The Morgan fingerprint density at radius 2 is 1.85 bits per heavy atom. The molecule has 2 aromatic carbocycles. The van der Waals surface area contributed by atoms with Gasteiger partial charge in [-0.3, -0.25) is 4.79 Å². The molecule has 0 fully saturated rings. The second kappa shape index (κ2) is 12.0. The Balaban J connectivity index is 1.64. The second-order valence-corrected chi connectivity index (χ2v) is 10.0. The summed E-state index contributed by atoms with van der Waals surface area (Å²) in [5, 5.41) is 21.9. The van der Waals surface area contributed by atoms with Crippen LogP contribution in [0.1, 0.15) is 41.4 Å². The van der Waals surface area contributed by atoms with Crippen LogP contribution in [0.25, 0.3) is 11.3 Å². The fraction of sp³-hybridized carbons (Fsp3) is 0.379. The van der Waals surface area contributed by atoms with Crippen LogP contribution in [0.2, 0.25) is 0 Å². The summed E-state index contributed by atoms with van der Waals surface area (Å²) >= 11 is 0. The van der Waals surface area contributed by atoms with Gasteiger partial charge in [-0.15, -0.1) is 0 Å². The van der Waals surface area contributed by atoms with E-state index in [0.717, 1.165) is 0 Å². The van der Waals surface area contributed by atoms with E-state index in [1.54, 1.807) is 0 Å². The van der Waals surface area contributed by atoms with Gasteiger partial charge in [0, 0.05) is 28.8 Å². The number of benzene rings is 2.